The molecule has 5 rings (SSSR count). The predicted octanol–water partition coefficient (Wildman–Crippen LogP) is 4.35. The number of benzene rings is 3. The smallest absolute Gasteiger partial charge is 0.266 e. The first-order valence-corrected chi connectivity index (χ1v) is 10.8. The molecule has 2 aliphatic heterocycles. The molecule has 0 bridgehead atoms. The Hall–Kier alpha value is -3.68. The Morgan fingerprint density at radius 3 is 2.24 bits per heavy atom. The molecule has 1 N–H and O–H groups in total. The maximum Gasteiger partial charge on any atom is 0.266 e. The van der Waals surface area contributed by atoms with Crippen LogP contribution < -0.4 is 15.3 Å². The van der Waals surface area contributed by atoms with Gasteiger partial charge in [0.25, 0.3) is 5.91 Å². The fraction of sp³-hybridized carbons (Fsp3) is 0.160. The highest BCUT2D eigenvalue weighted by Crippen LogP contribution is 2.48. The lowest BCUT2D eigenvalue weighted by atomic mass is 9.90. The molecule has 7 nitrogen and oxygen atoms in total. The van der Waals surface area contributed by atoms with Gasteiger partial charge in [0.1, 0.15) is 5.92 Å². The molecule has 0 aliphatic carbocycles. The fourth-order valence-corrected chi connectivity index (χ4v) is 4.61. The van der Waals surface area contributed by atoms with Gasteiger partial charge in [-0.3, -0.25) is 19.2 Å². The zero-order chi connectivity index (χ0) is 23.1. The van der Waals surface area contributed by atoms with E-state index < -0.39 is 24.0 Å². The molecule has 8 heteroatoms. The minimum atomic E-state index is -0.978. The van der Waals surface area contributed by atoms with Gasteiger partial charge in [-0.2, -0.15) is 0 Å². The molecule has 0 spiro atoms. The molecule has 33 heavy (non-hydrogen) atoms. The standard InChI is InChI=1S/C25H20ClN3O4/c1-15(30)27-17-13-11-16(12-14-17)22-21-23(33-29(22)18-7-3-2-4-8-18)25(32)28(24(21)31)20-10-6-5-9-19(20)26/h2-14,21-23H,1H3,(H,27,30)/t21-,22+,23+/m0/s1. The second-order valence-corrected chi connectivity index (χ2v) is 8.33. The van der Waals surface area contributed by atoms with Gasteiger partial charge in [0.2, 0.25) is 11.8 Å². The number of hydrogen-bond donors (Lipinski definition) is 1. The average molecular weight is 462 g/mol. The topological polar surface area (TPSA) is 79.0 Å². The number of nitrogens with one attached hydrogen (secondary N) is 1. The minimum absolute atomic E-state index is 0.176. The van der Waals surface area contributed by atoms with E-state index in [0.717, 1.165) is 16.2 Å². The number of halogens is 1. The third kappa shape index (κ3) is 3.65. The van der Waals surface area contributed by atoms with Crippen LogP contribution in [0.1, 0.15) is 18.5 Å². The van der Waals surface area contributed by atoms with Crippen LogP contribution in [0.3, 0.4) is 0 Å². The van der Waals surface area contributed by atoms with E-state index in [9.17, 15) is 14.4 Å². The number of anilines is 3. The van der Waals surface area contributed by atoms with Crippen molar-refractivity contribution in [2.45, 2.75) is 19.1 Å². The first-order valence-electron chi connectivity index (χ1n) is 10.5. The number of imide groups is 1. The van der Waals surface area contributed by atoms with Crippen molar-refractivity contribution < 1.29 is 19.2 Å². The maximum absolute atomic E-state index is 13.6. The van der Waals surface area contributed by atoms with E-state index in [1.165, 1.54) is 6.92 Å². The average Bonchev–Trinajstić information content (AvgIpc) is 3.31. The molecule has 3 aromatic rings. The highest BCUT2D eigenvalue weighted by Gasteiger charge is 2.60. The Kier molecular flexibility index (Phi) is 5.36. The number of fused-ring (bicyclic) bond motifs is 1. The summed E-state index contributed by atoms with van der Waals surface area (Å²) in [6.07, 6.45) is -0.978. The summed E-state index contributed by atoms with van der Waals surface area (Å²) in [6.45, 7) is 1.44. The summed E-state index contributed by atoms with van der Waals surface area (Å²) >= 11 is 6.30. The van der Waals surface area contributed by atoms with Crippen molar-refractivity contribution in [1.29, 1.82) is 0 Å². The third-order valence-electron chi connectivity index (χ3n) is 5.79. The van der Waals surface area contributed by atoms with Crippen LogP contribution in [0.2, 0.25) is 5.02 Å². The zero-order valence-corrected chi connectivity index (χ0v) is 18.4. The number of rotatable bonds is 4. The highest BCUT2D eigenvalue weighted by molar-refractivity contribution is 6.36. The van der Waals surface area contributed by atoms with E-state index >= 15 is 0 Å². The van der Waals surface area contributed by atoms with Crippen molar-refractivity contribution in [3.8, 4) is 0 Å². The van der Waals surface area contributed by atoms with E-state index in [-0.39, 0.29) is 11.8 Å². The van der Waals surface area contributed by atoms with Crippen molar-refractivity contribution in [2.75, 3.05) is 15.3 Å². The lowest BCUT2D eigenvalue weighted by Crippen LogP contribution is -2.37. The summed E-state index contributed by atoms with van der Waals surface area (Å²) in [5, 5.41) is 4.68. The molecular weight excluding hydrogens is 442 g/mol. The van der Waals surface area contributed by atoms with Gasteiger partial charge >= 0.3 is 0 Å². The van der Waals surface area contributed by atoms with Crippen LogP contribution in [-0.2, 0) is 19.2 Å². The van der Waals surface area contributed by atoms with Crippen LogP contribution in [0.4, 0.5) is 17.1 Å². The number of hydrogen-bond acceptors (Lipinski definition) is 5. The quantitative estimate of drug-likeness (QED) is 0.584. The normalized spacial score (nSPS) is 21.9. The van der Waals surface area contributed by atoms with Gasteiger partial charge in [-0.05, 0) is 42.0 Å². The Morgan fingerprint density at radius 2 is 1.58 bits per heavy atom. The summed E-state index contributed by atoms with van der Waals surface area (Å²) < 4.78 is 0. The second kappa shape index (κ2) is 8.35. The number of hydroxylamine groups is 1. The maximum atomic E-state index is 13.6. The van der Waals surface area contributed by atoms with Crippen LogP contribution in [-0.4, -0.2) is 23.8 Å². The molecule has 3 aromatic carbocycles. The number of carbonyl (C=O) groups excluding carboxylic acids is 3. The van der Waals surface area contributed by atoms with Crippen LogP contribution >= 0.6 is 11.6 Å². The SMILES string of the molecule is CC(=O)Nc1ccc([C@@H]2[C@@H]3C(=O)N(c4ccccc4Cl)C(=O)[C@@H]3ON2c2ccccc2)cc1. The number of carbonyl (C=O) groups is 3. The van der Waals surface area contributed by atoms with Crippen LogP contribution in [0.15, 0.2) is 78.9 Å². The third-order valence-corrected chi connectivity index (χ3v) is 6.11. The summed E-state index contributed by atoms with van der Waals surface area (Å²) in [7, 11) is 0. The van der Waals surface area contributed by atoms with E-state index in [0.29, 0.717) is 16.4 Å². The number of nitrogens with zero attached hydrogens (tertiary/aromatic N) is 2. The monoisotopic (exact) mass is 461 g/mol. The van der Waals surface area contributed by atoms with Crippen molar-refractivity contribution >= 4 is 46.4 Å². The molecule has 166 valence electrons. The summed E-state index contributed by atoms with van der Waals surface area (Å²) in [4.78, 5) is 45.6. The number of para-hydroxylation sites is 2. The molecule has 2 fully saturated rings. The van der Waals surface area contributed by atoms with Gasteiger partial charge in [0.05, 0.1) is 22.4 Å². The van der Waals surface area contributed by atoms with E-state index in [1.54, 1.807) is 41.5 Å². The van der Waals surface area contributed by atoms with E-state index in [4.69, 9.17) is 16.4 Å². The molecule has 0 aromatic heterocycles. The largest absolute Gasteiger partial charge is 0.326 e. The lowest BCUT2D eigenvalue weighted by Gasteiger charge is -2.29. The van der Waals surface area contributed by atoms with Crippen LogP contribution in [0.5, 0.6) is 0 Å². The van der Waals surface area contributed by atoms with Gasteiger partial charge in [-0.25, -0.2) is 9.96 Å². The zero-order valence-electron chi connectivity index (χ0n) is 17.6. The lowest BCUT2D eigenvalue weighted by molar-refractivity contribution is -0.126. The molecule has 0 unspecified atom stereocenters. The van der Waals surface area contributed by atoms with Crippen molar-refractivity contribution in [1.82, 2.24) is 0 Å². The highest BCUT2D eigenvalue weighted by atomic mass is 35.5. The van der Waals surface area contributed by atoms with Crippen LogP contribution in [0, 0.1) is 5.92 Å². The number of amides is 3. The molecular formula is C25H20ClN3O4. The predicted molar refractivity (Wildman–Crippen MR) is 125 cm³/mol. The molecule has 3 atom stereocenters. The molecule has 2 heterocycles. The Labute approximate surface area is 195 Å². The van der Waals surface area contributed by atoms with E-state index in [1.807, 2.05) is 42.5 Å². The first-order chi connectivity index (χ1) is 16.0. The van der Waals surface area contributed by atoms with Crippen molar-refractivity contribution in [3.63, 3.8) is 0 Å². The molecule has 2 saturated heterocycles. The van der Waals surface area contributed by atoms with E-state index in [2.05, 4.69) is 5.32 Å². The van der Waals surface area contributed by atoms with Crippen molar-refractivity contribution in [3.05, 3.63) is 89.4 Å². The van der Waals surface area contributed by atoms with Gasteiger partial charge in [-0.1, -0.05) is 54.1 Å². The van der Waals surface area contributed by atoms with Gasteiger partial charge < -0.3 is 5.32 Å². The minimum Gasteiger partial charge on any atom is -0.326 e. The van der Waals surface area contributed by atoms with Gasteiger partial charge in [0, 0.05) is 12.6 Å². The van der Waals surface area contributed by atoms with Crippen LogP contribution in [0.25, 0.3) is 0 Å². The van der Waals surface area contributed by atoms with Crippen molar-refractivity contribution in [2.24, 2.45) is 5.92 Å². The molecule has 0 radical (unpaired) electrons. The Morgan fingerprint density at radius 1 is 0.909 bits per heavy atom. The first kappa shape index (κ1) is 21.2. The molecule has 3 amide bonds. The molecule has 0 saturated carbocycles. The fourth-order valence-electron chi connectivity index (χ4n) is 4.39. The Balaban J connectivity index is 1.56. The Bertz CT molecular complexity index is 1230. The van der Waals surface area contributed by atoms with Gasteiger partial charge in [-0.15, -0.1) is 0 Å². The molecule has 2 aliphatic rings. The second-order valence-electron chi connectivity index (χ2n) is 7.92. The summed E-state index contributed by atoms with van der Waals surface area (Å²) in [5.41, 5.74) is 2.49. The summed E-state index contributed by atoms with van der Waals surface area (Å²) in [6, 6.07) is 22.7. The summed E-state index contributed by atoms with van der Waals surface area (Å²) in [5.74, 6) is -1.76. The van der Waals surface area contributed by atoms with Gasteiger partial charge in [0.15, 0.2) is 6.10 Å².